The lowest BCUT2D eigenvalue weighted by Gasteiger charge is -2.11. The van der Waals surface area contributed by atoms with E-state index in [4.69, 9.17) is 4.42 Å². The summed E-state index contributed by atoms with van der Waals surface area (Å²) in [5, 5.41) is 2.73. The van der Waals surface area contributed by atoms with Crippen molar-refractivity contribution in [1.82, 2.24) is 14.1 Å². The molecule has 3 aromatic rings. The van der Waals surface area contributed by atoms with Crippen molar-refractivity contribution in [2.75, 3.05) is 5.32 Å². The number of benzene rings is 1. The predicted molar refractivity (Wildman–Crippen MR) is 107 cm³/mol. The summed E-state index contributed by atoms with van der Waals surface area (Å²) in [4.78, 5) is 40.5. The molecule has 0 fully saturated rings. The Morgan fingerprint density at radius 2 is 1.93 bits per heavy atom. The van der Waals surface area contributed by atoms with Gasteiger partial charge in [-0.15, -0.1) is 0 Å². The fraction of sp³-hybridized carbons (Fsp3) is 0.300. The number of oxazole rings is 1. The maximum Gasteiger partial charge on any atom is 0.330 e. The SMILES string of the molecule is Cn1cc(/C=C/C(=O)Nc2ccc3oc(C(C)(C)C)nc3c2)c(=O)n(C)c1=O. The third kappa shape index (κ3) is 3.80. The number of rotatable bonds is 3. The maximum absolute atomic E-state index is 12.2. The number of anilines is 1. The molecule has 0 atom stereocenters. The van der Waals surface area contributed by atoms with Gasteiger partial charge in [0.25, 0.3) is 5.56 Å². The van der Waals surface area contributed by atoms with E-state index in [0.29, 0.717) is 22.7 Å². The fourth-order valence-corrected chi connectivity index (χ4v) is 2.63. The minimum Gasteiger partial charge on any atom is -0.440 e. The Kier molecular flexibility index (Phi) is 4.80. The second-order valence-electron chi connectivity index (χ2n) is 7.62. The van der Waals surface area contributed by atoms with Crippen LogP contribution in [0.1, 0.15) is 32.2 Å². The Morgan fingerprint density at radius 1 is 1.21 bits per heavy atom. The molecule has 0 saturated heterocycles. The summed E-state index contributed by atoms with van der Waals surface area (Å²) < 4.78 is 8.01. The molecule has 0 aliphatic heterocycles. The third-order valence-electron chi connectivity index (χ3n) is 4.18. The minimum atomic E-state index is -0.467. The van der Waals surface area contributed by atoms with Crippen LogP contribution in [0.3, 0.4) is 0 Å². The first-order valence-electron chi connectivity index (χ1n) is 8.73. The lowest BCUT2D eigenvalue weighted by atomic mass is 9.97. The van der Waals surface area contributed by atoms with Crippen molar-refractivity contribution < 1.29 is 9.21 Å². The quantitative estimate of drug-likeness (QED) is 0.700. The van der Waals surface area contributed by atoms with Crippen LogP contribution in [-0.2, 0) is 24.3 Å². The number of carbonyl (C=O) groups is 1. The van der Waals surface area contributed by atoms with Crippen LogP contribution in [0.25, 0.3) is 17.2 Å². The van der Waals surface area contributed by atoms with Gasteiger partial charge in [0, 0.05) is 37.5 Å². The zero-order valence-electron chi connectivity index (χ0n) is 16.4. The average molecular weight is 382 g/mol. The largest absolute Gasteiger partial charge is 0.440 e. The molecule has 1 aromatic carbocycles. The molecular weight excluding hydrogens is 360 g/mol. The molecule has 8 heteroatoms. The van der Waals surface area contributed by atoms with Crippen molar-refractivity contribution in [3.63, 3.8) is 0 Å². The zero-order valence-corrected chi connectivity index (χ0v) is 16.4. The molecule has 0 bridgehead atoms. The van der Waals surface area contributed by atoms with Gasteiger partial charge in [-0.1, -0.05) is 20.8 Å². The van der Waals surface area contributed by atoms with Crippen LogP contribution in [0.2, 0.25) is 0 Å². The predicted octanol–water partition coefficient (Wildman–Crippen LogP) is 2.17. The standard InChI is InChI=1S/C20H22N4O4/c1-20(2,3)18-22-14-10-13(7-8-15(14)28-18)21-16(25)9-6-12-11-23(4)19(27)24(5)17(12)26/h6-11H,1-5H3,(H,21,25)/b9-6+. The van der Waals surface area contributed by atoms with Crippen LogP contribution in [-0.4, -0.2) is 20.0 Å². The topological polar surface area (TPSA) is 99.1 Å². The van der Waals surface area contributed by atoms with Crippen molar-refractivity contribution >= 4 is 28.8 Å². The first kappa shape index (κ1) is 19.3. The number of aromatic nitrogens is 3. The van der Waals surface area contributed by atoms with Crippen molar-refractivity contribution in [2.24, 2.45) is 14.1 Å². The Hall–Kier alpha value is -3.42. The number of nitrogens with one attached hydrogen (secondary N) is 1. The lowest BCUT2D eigenvalue weighted by Crippen LogP contribution is -2.37. The van der Waals surface area contributed by atoms with Gasteiger partial charge in [0.15, 0.2) is 5.58 Å². The van der Waals surface area contributed by atoms with Crippen molar-refractivity contribution in [2.45, 2.75) is 26.2 Å². The molecule has 0 aliphatic carbocycles. The van der Waals surface area contributed by atoms with Crippen LogP contribution in [0, 0.1) is 0 Å². The number of fused-ring (bicyclic) bond motifs is 1. The van der Waals surface area contributed by atoms with E-state index in [1.807, 2.05) is 20.8 Å². The molecule has 3 rings (SSSR count). The molecule has 0 radical (unpaired) electrons. The van der Waals surface area contributed by atoms with Gasteiger partial charge in [-0.3, -0.25) is 14.2 Å². The summed E-state index contributed by atoms with van der Waals surface area (Å²) in [6.45, 7) is 6.03. The molecule has 0 saturated carbocycles. The molecule has 0 aliphatic rings. The monoisotopic (exact) mass is 382 g/mol. The van der Waals surface area contributed by atoms with E-state index in [1.54, 1.807) is 18.2 Å². The number of carbonyl (C=O) groups excluding carboxylic acids is 1. The normalized spacial score (nSPS) is 12.0. The van der Waals surface area contributed by atoms with Gasteiger partial charge in [0.2, 0.25) is 11.8 Å². The van der Waals surface area contributed by atoms with E-state index in [9.17, 15) is 14.4 Å². The molecule has 0 spiro atoms. The first-order valence-corrected chi connectivity index (χ1v) is 8.73. The third-order valence-corrected chi connectivity index (χ3v) is 4.18. The van der Waals surface area contributed by atoms with E-state index < -0.39 is 17.2 Å². The average Bonchev–Trinajstić information content (AvgIpc) is 3.05. The molecule has 2 aromatic heterocycles. The maximum atomic E-state index is 12.2. The summed E-state index contributed by atoms with van der Waals surface area (Å²) in [6.07, 6.45) is 4.02. The van der Waals surface area contributed by atoms with Crippen molar-refractivity contribution in [3.8, 4) is 0 Å². The van der Waals surface area contributed by atoms with Gasteiger partial charge in [0.1, 0.15) is 5.52 Å². The zero-order chi connectivity index (χ0) is 20.6. The van der Waals surface area contributed by atoms with Crippen LogP contribution in [0.4, 0.5) is 5.69 Å². The second-order valence-corrected chi connectivity index (χ2v) is 7.62. The first-order chi connectivity index (χ1) is 13.1. The summed E-state index contributed by atoms with van der Waals surface area (Å²) in [6, 6.07) is 5.20. The molecule has 2 heterocycles. The highest BCUT2D eigenvalue weighted by Gasteiger charge is 2.21. The highest BCUT2D eigenvalue weighted by atomic mass is 16.3. The van der Waals surface area contributed by atoms with Gasteiger partial charge in [-0.2, -0.15) is 0 Å². The molecule has 1 N–H and O–H groups in total. The Morgan fingerprint density at radius 3 is 2.61 bits per heavy atom. The van der Waals surface area contributed by atoms with Crippen LogP contribution < -0.4 is 16.6 Å². The summed E-state index contributed by atoms with van der Waals surface area (Å²) in [7, 11) is 2.93. The highest BCUT2D eigenvalue weighted by molar-refractivity contribution is 6.02. The van der Waals surface area contributed by atoms with Gasteiger partial charge in [-0.25, -0.2) is 9.78 Å². The van der Waals surface area contributed by atoms with E-state index in [1.165, 1.54) is 37.0 Å². The molecule has 8 nitrogen and oxygen atoms in total. The van der Waals surface area contributed by atoms with E-state index >= 15 is 0 Å². The van der Waals surface area contributed by atoms with E-state index in [-0.39, 0.29) is 11.0 Å². The number of hydrogen-bond donors (Lipinski definition) is 1. The van der Waals surface area contributed by atoms with Crippen LogP contribution >= 0.6 is 0 Å². The number of hydrogen-bond acceptors (Lipinski definition) is 5. The summed E-state index contributed by atoms with van der Waals surface area (Å²) in [5.74, 6) is 0.214. The number of nitrogens with zero attached hydrogens (tertiary/aromatic N) is 3. The van der Waals surface area contributed by atoms with Gasteiger partial charge >= 0.3 is 5.69 Å². The van der Waals surface area contributed by atoms with Crippen LogP contribution in [0.15, 0.2) is 44.5 Å². The Balaban J connectivity index is 1.81. The molecule has 146 valence electrons. The molecule has 1 amide bonds. The highest BCUT2D eigenvalue weighted by Crippen LogP contribution is 2.27. The van der Waals surface area contributed by atoms with Crippen LogP contribution in [0.5, 0.6) is 0 Å². The molecule has 0 unspecified atom stereocenters. The second kappa shape index (κ2) is 6.95. The minimum absolute atomic E-state index is 0.215. The molecule has 28 heavy (non-hydrogen) atoms. The van der Waals surface area contributed by atoms with Gasteiger partial charge in [0.05, 0.1) is 5.56 Å². The lowest BCUT2D eigenvalue weighted by molar-refractivity contribution is -0.111. The van der Waals surface area contributed by atoms with E-state index in [0.717, 1.165) is 4.57 Å². The van der Waals surface area contributed by atoms with Gasteiger partial charge < -0.3 is 14.3 Å². The van der Waals surface area contributed by atoms with E-state index in [2.05, 4.69) is 10.3 Å². The fourth-order valence-electron chi connectivity index (χ4n) is 2.63. The summed E-state index contributed by atoms with van der Waals surface area (Å²) >= 11 is 0. The smallest absolute Gasteiger partial charge is 0.330 e. The van der Waals surface area contributed by atoms with Gasteiger partial charge in [-0.05, 0) is 24.3 Å². The van der Waals surface area contributed by atoms with Crippen molar-refractivity contribution in [1.29, 1.82) is 0 Å². The van der Waals surface area contributed by atoms with Crippen molar-refractivity contribution in [3.05, 3.63) is 62.8 Å². The number of aryl methyl sites for hydroxylation is 1. The molecular formula is C20H22N4O4. The number of amides is 1. The Bertz CT molecular complexity index is 1210. The summed E-state index contributed by atoms with van der Waals surface area (Å²) in [5.41, 5.74) is 0.984. The Labute approximate surface area is 161 Å².